The zero-order chi connectivity index (χ0) is 17.6. The monoisotopic (exact) mass is 454 g/mol. The van der Waals surface area contributed by atoms with Gasteiger partial charge in [-0.05, 0) is 18.4 Å². The highest BCUT2D eigenvalue weighted by molar-refractivity contribution is 14.1. The van der Waals surface area contributed by atoms with E-state index in [1.165, 1.54) is 4.90 Å². The van der Waals surface area contributed by atoms with Crippen LogP contribution in [-0.4, -0.2) is 50.8 Å². The van der Waals surface area contributed by atoms with E-state index in [0.717, 1.165) is 12.0 Å². The lowest BCUT2D eigenvalue weighted by atomic mass is 9.87. The molecule has 132 valence electrons. The molecule has 3 aliphatic heterocycles. The molecule has 1 aromatic carbocycles. The van der Waals surface area contributed by atoms with Gasteiger partial charge >= 0.3 is 6.09 Å². The molecule has 7 heteroatoms. The van der Waals surface area contributed by atoms with E-state index in [4.69, 9.17) is 4.74 Å². The first-order chi connectivity index (χ1) is 12.1. The molecule has 4 atom stereocenters. The van der Waals surface area contributed by atoms with Gasteiger partial charge in [-0.25, -0.2) is 9.69 Å². The number of carbonyl (C=O) groups is 3. The molecular weight excluding hydrogens is 435 g/mol. The molecular formula is C18H19IN2O4. The summed E-state index contributed by atoms with van der Waals surface area (Å²) < 4.78 is 5.31. The number of halogens is 1. The van der Waals surface area contributed by atoms with Gasteiger partial charge in [-0.15, -0.1) is 0 Å². The van der Waals surface area contributed by atoms with Crippen LogP contribution < -0.4 is 0 Å². The van der Waals surface area contributed by atoms with Gasteiger partial charge in [-0.1, -0.05) is 52.9 Å². The fourth-order valence-electron chi connectivity index (χ4n) is 4.17. The third-order valence-electron chi connectivity index (χ3n) is 5.40. The average molecular weight is 454 g/mol. The van der Waals surface area contributed by atoms with Crippen molar-refractivity contribution in [3.63, 3.8) is 0 Å². The van der Waals surface area contributed by atoms with Crippen LogP contribution in [0.3, 0.4) is 0 Å². The van der Waals surface area contributed by atoms with Gasteiger partial charge < -0.3 is 9.64 Å². The van der Waals surface area contributed by atoms with Crippen LogP contribution in [0, 0.1) is 5.92 Å². The number of benzene rings is 1. The van der Waals surface area contributed by atoms with Gasteiger partial charge in [0.05, 0.1) is 5.92 Å². The summed E-state index contributed by atoms with van der Waals surface area (Å²) in [5.74, 6) is -0.437. The second-order valence-corrected chi connectivity index (χ2v) is 8.34. The summed E-state index contributed by atoms with van der Waals surface area (Å²) in [6.07, 6.45) is 1.37. The Labute approximate surface area is 159 Å². The molecule has 3 aliphatic rings. The van der Waals surface area contributed by atoms with Crippen molar-refractivity contribution in [2.45, 2.75) is 35.3 Å². The second-order valence-electron chi connectivity index (χ2n) is 6.74. The Morgan fingerprint density at radius 1 is 1.16 bits per heavy atom. The number of nitrogens with zero attached hydrogens (tertiary/aromatic N) is 2. The van der Waals surface area contributed by atoms with E-state index in [2.05, 4.69) is 22.6 Å². The minimum Gasteiger partial charge on any atom is -0.446 e. The lowest BCUT2D eigenvalue weighted by Gasteiger charge is -2.40. The van der Waals surface area contributed by atoms with Crippen LogP contribution in [0.4, 0.5) is 4.79 Å². The van der Waals surface area contributed by atoms with E-state index in [1.54, 1.807) is 0 Å². The molecule has 25 heavy (non-hydrogen) atoms. The summed E-state index contributed by atoms with van der Waals surface area (Å²) in [5, 5.41) is 0. The molecule has 3 saturated heterocycles. The normalized spacial score (nSPS) is 31.9. The van der Waals surface area contributed by atoms with Crippen molar-refractivity contribution in [1.29, 1.82) is 0 Å². The summed E-state index contributed by atoms with van der Waals surface area (Å²) in [6.45, 7) is 0.883. The zero-order valence-electron chi connectivity index (χ0n) is 13.6. The highest BCUT2D eigenvalue weighted by Crippen LogP contribution is 2.39. The maximum absolute atomic E-state index is 13.3. The van der Waals surface area contributed by atoms with Gasteiger partial charge in [0.1, 0.15) is 12.6 Å². The average Bonchev–Trinajstić information content (AvgIpc) is 3.18. The summed E-state index contributed by atoms with van der Waals surface area (Å²) in [7, 11) is 0. The number of hydrogen-bond donors (Lipinski definition) is 0. The predicted octanol–water partition coefficient (Wildman–Crippen LogP) is 2.52. The molecule has 3 fully saturated rings. The van der Waals surface area contributed by atoms with Gasteiger partial charge in [-0.3, -0.25) is 9.59 Å². The lowest BCUT2D eigenvalue weighted by Crippen LogP contribution is -2.54. The van der Waals surface area contributed by atoms with E-state index in [-0.39, 0.29) is 34.3 Å². The molecule has 0 unspecified atom stereocenters. The smallest absolute Gasteiger partial charge is 0.417 e. The van der Waals surface area contributed by atoms with Crippen LogP contribution in [0.2, 0.25) is 0 Å². The molecule has 4 rings (SSSR count). The lowest BCUT2D eigenvalue weighted by molar-refractivity contribution is -0.139. The van der Waals surface area contributed by atoms with Crippen LogP contribution in [0.15, 0.2) is 30.3 Å². The van der Waals surface area contributed by atoms with Crippen LogP contribution in [0.1, 0.15) is 30.9 Å². The van der Waals surface area contributed by atoms with Crippen molar-refractivity contribution in [3.05, 3.63) is 35.9 Å². The molecule has 3 heterocycles. The summed E-state index contributed by atoms with van der Waals surface area (Å²) in [4.78, 5) is 40.8. The van der Waals surface area contributed by atoms with Crippen LogP contribution >= 0.6 is 22.6 Å². The molecule has 1 aromatic rings. The van der Waals surface area contributed by atoms with Gasteiger partial charge in [0.25, 0.3) is 0 Å². The molecule has 0 N–H and O–H groups in total. The first kappa shape index (κ1) is 16.8. The Morgan fingerprint density at radius 2 is 1.92 bits per heavy atom. The third kappa shape index (κ3) is 2.82. The van der Waals surface area contributed by atoms with Crippen molar-refractivity contribution in [2.24, 2.45) is 5.92 Å². The molecule has 0 bridgehead atoms. The number of amides is 3. The number of ether oxygens (including phenoxy) is 1. The summed E-state index contributed by atoms with van der Waals surface area (Å²) in [5.41, 5.74) is 0.891. The SMILES string of the molecule is O=C1CC[C@H]2[C@H](C(=O)N3C(=O)OC[C@@H]3c3ccccc3)[C@@H](I)CCN12. The van der Waals surface area contributed by atoms with E-state index >= 15 is 0 Å². The Balaban J connectivity index is 1.64. The topological polar surface area (TPSA) is 66.9 Å². The number of hydrogen-bond acceptors (Lipinski definition) is 4. The maximum Gasteiger partial charge on any atom is 0.417 e. The second kappa shape index (κ2) is 6.59. The fraction of sp³-hybridized carbons (Fsp3) is 0.500. The number of alkyl halides is 1. The standard InChI is InChI=1S/C18H19IN2O4/c19-12-8-9-20-13(6-7-15(20)22)16(12)17(23)21-14(10-25-18(21)24)11-4-2-1-3-5-11/h1-5,12-14,16H,6-10H2/t12-,13-,14+,16+/m0/s1. The zero-order valence-corrected chi connectivity index (χ0v) is 15.8. The molecule has 0 aliphatic carbocycles. The van der Waals surface area contributed by atoms with Crippen LogP contribution in [0.25, 0.3) is 0 Å². The summed E-state index contributed by atoms with van der Waals surface area (Å²) >= 11 is 2.30. The number of carbonyl (C=O) groups excluding carboxylic acids is 3. The first-order valence-electron chi connectivity index (χ1n) is 8.56. The Kier molecular flexibility index (Phi) is 4.43. The molecule has 6 nitrogen and oxygen atoms in total. The minimum atomic E-state index is -0.580. The van der Waals surface area contributed by atoms with E-state index in [9.17, 15) is 14.4 Å². The Hall–Kier alpha value is -1.64. The van der Waals surface area contributed by atoms with Gasteiger partial charge in [0, 0.05) is 22.9 Å². The molecule has 0 saturated carbocycles. The Bertz CT molecular complexity index is 710. The van der Waals surface area contributed by atoms with Gasteiger partial charge in [-0.2, -0.15) is 0 Å². The van der Waals surface area contributed by atoms with Crippen molar-refractivity contribution < 1.29 is 19.1 Å². The van der Waals surface area contributed by atoms with Crippen molar-refractivity contribution in [3.8, 4) is 0 Å². The maximum atomic E-state index is 13.3. The quantitative estimate of drug-likeness (QED) is 0.509. The number of imide groups is 1. The highest BCUT2D eigenvalue weighted by Gasteiger charge is 2.51. The first-order valence-corrected chi connectivity index (χ1v) is 9.81. The number of rotatable bonds is 2. The van der Waals surface area contributed by atoms with Gasteiger partial charge in [0.2, 0.25) is 11.8 Å². The van der Waals surface area contributed by atoms with Crippen molar-refractivity contribution in [1.82, 2.24) is 9.80 Å². The minimum absolute atomic E-state index is 0.0968. The predicted molar refractivity (Wildman–Crippen MR) is 98.0 cm³/mol. The molecule has 0 radical (unpaired) electrons. The van der Waals surface area contributed by atoms with E-state index in [0.29, 0.717) is 19.4 Å². The number of fused-ring (bicyclic) bond motifs is 1. The van der Waals surface area contributed by atoms with Gasteiger partial charge in [0.15, 0.2) is 0 Å². The highest BCUT2D eigenvalue weighted by atomic mass is 127. The molecule has 3 amide bonds. The fourth-order valence-corrected chi connectivity index (χ4v) is 5.23. The van der Waals surface area contributed by atoms with Crippen LogP contribution in [0.5, 0.6) is 0 Å². The molecule has 0 spiro atoms. The van der Waals surface area contributed by atoms with Crippen molar-refractivity contribution in [2.75, 3.05) is 13.2 Å². The van der Waals surface area contributed by atoms with E-state index in [1.807, 2.05) is 35.2 Å². The van der Waals surface area contributed by atoms with Crippen LogP contribution in [-0.2, 0) is 14.3 Å². The largest absolute Gasteiger partial charge is 0.446 e. The number of cyclic esters (lactones) is 1. The van der Waals surface area contributed by atoms with E-state index < -0.39 is 12.1 Å². The van der Waals surface area contributed by atoms with Crippen molar-refractivity contribution >= 4 is 40.5 Å². The number of piperidine rings is 1. The Morgan fingerprint density at radius 3 is 2.68 bits per heavy atom. The summed E-state index contributed by atoms with van der Waals surface area (Å²) in [6, 6.07) is 9.00. The third-order valence-corrected chi connectivity index (χ3v) is 6.80. The molecule has 0 aromatic heterocycles.